The van der Waals surface area contributed by atoms with Crippen LogP contribution in [0.1, 0.15) is 80.1 Å². The number of esters is 7. The van der Waals surface area contributed by atoms with Crippen molar-refractivity contribution in [2.24, 2.45) is 15.7 Å². The molecule has 114 heavy (non-hydrogen) atoms. The van der Waals surface area contributed by atoms with Crippen molar-refractivity contribution in [3.63, 3.8) is 0 Å². The number of carbonyl (C=O) groups excluding carboxylic acids is 12. The number of ether oxygens (including phenoxy) is 7. The van der Waals surface area contributed by atoms with Gasteiger partial charge in [0.05, 0.1) is 78.3 Å². The predicted octanol–water partition coefficient (Wildman–Crippen LogP) is -3.21. The third kappa shape index (κ3) is 70.6. The summed E-state index contributed by atoms with van der Waals surface area (Å²) in [6.07, 6.45) is 28.8. The zero-order valence-corrected chi connectivity index (χ0v) is 70.7. The number of nitrogens with zero attached hydrogens (tertiary/aromatic N) is 10. The molecule has 0 spiro atoms. The van der Waals surface area contributed by atoms with Crippen LogP contribution in [0.5, 0.6) is 0 Å². The molecule has 0 aliphatic carbocycles. The maximum Gasteiger partial charge on any atom is 0.333 e. The molecule has 4 aromatic rings. The molecule has 0 aliphatic heterocycles. The quantitative estimate of drug-likeness (QED) is 0.00307. The SMILES string of the molecule is C=C(C)C(=O)OCCCC(=O)OCCn1cc[n+](CCCNC(=O)NCCOC(=O)C(=C)C)c1.C=C(C)C(=O)OCCN=C=O.C=C(C)C(=O)OCCN=C=O.C=C(C)C(=O)OCCNC(=O)NCCC[n+]1ccn(CCO)c1.C=C(C)C(=O)OCCNC(=O)NCCCn1ccnc1.NCCCn1ccnc1.OCCBr.[Br-].[Br-]. The molecule has 38 nitrogen and oxygen atoms in total. The third-order valence-corrected chi connectivity index (χ3v) is 13.0. The number of urea groups is 3. The van der Waals surface area contributed by atoms with Crippen LogP contribution in [0.15, 0.2) is 158 Å². The predicted molar refractivity (Wildman–Crippen MR) is 414 cm³/mol. The Balaban J connectivity index is -0.000000435. The van der Waals surface area contributed by atoms with Gasteiger partial charge in [0.2, 0.25) is 24.8 Å². The third-order valence-electron chi connectivity index (χ3n) is 12.6. The number of rotatable bonds is 46. The number of alkyl halides is 1. The molecule has 41 heteroatoms. The van der Waals surface area contributed by atoms with Gasteiger partial charge >= 0.3 is 59.9 Å². The lowest BCUT2D eigenvalue weighted by Crippen LogP contribution is -3.00. The molecule has 0 saturated heterocycles. The minimum absolute atomic E-state index is 0. The molecule has 0 bridgehead atoms. The molecule has 638 valence electrons. The van der Waals surface area contributed by atoms with Gasteiger partial charge in [-0.25, -0.2) is 91.0 Å². The Labute approximate surface area is 694 Å². The summed E-state index contributed by atoms with van der Waals surface area (Å²) in [5.41, 5.74) is 7.29. The van der Waals surface area contributed by atoms with Gasteiger partial charge < -0.3 is 124 Å². The highest BCUT2D eigenvalue weighted by Crippen LogP contribution is 2.00. The fourth-order valence-electron chi connectivity index (χ4n) is 7.05. The first-order valence-electron chi connectivity index (χ1n) is 35.2. The molecule has 0 aromatic carbocycles. The standard InChI is InChI=1S/C23H34N4O7.C15H24N4O4.C13H20N4O3.2C7H9NO3.C6H11N3.C2H5BrO.2BrH/c1-18(2)21(29)33-14-5-7-20(28)32-16-13-27-12-11-26(17-27)10-6-8-24-23(31)25-9-15-34-22(30)19(3)4;1-13(2)14(21)23-11-5-17-15(22)16-4-3-6-18-7-8-19(12-18)9-10-20;1-11(2)12(18)20-9-6-16-13(19)15-4-3-7-17-8-5-14-10-17;2*1-6(2)7(10)11-4-3-8-5-9;7-2-1-4-9-5-3-8-6-9;3-1-2-4;;/h11-12,17H,1,3,5-10,13-16H2,2,4H3,(H-,24,25,31);7-8,12,20H,1,3-6,9-11H2,2H3,(H-,16,17,22);5,8,10H,1,3-4,6-7,9H2,2H3,(H2,15,16,19);2*1,3-4H2,2H3;3,5-6H,1-2,4,7H2;4H,1-2H2;2*1H. The van der Waals surface area contributed by atoms with Crippen LogP contribution in [-0.2, 0) is 116 Å². The molecule has 0 fully saturated rings. The van der Waals surface area contributed by atoms with Crippen LogP contribution in [0.25, 0.3) is 0 Å². The van der Waals surface area contributed by atoms with Crippen LogP contribution in [0.2, 0.25) is 0 Å². The number of halogens is 3. The van der Waals surface area contributed by atoms with E-state index in [0.29, 0.717) is 84.5 Å². The summed E-state index contributed by atoms with van der Waals surface area (Å²) in [7, 11) is 0. The Bertz CT molecular complexity index is 3490. The summed E-state index contributed by atoms with van der Waals surface area (Å²) in [6, 6.07) is -0.897. The normalized spacial score (nSPS) is 9.42. The van der Waals surface area contributed by atoms with E-state index >= 15 is 0 Å². The van der Waals surface area contributed by atoms with E-state index in [-0.39, 0.29) is 157 Å². The minimum Gasteiger partial charge on any atom is -1.00 e. The summed E-state index contributed by atoms with van der Waals surface area (Å²) < 4.78 is 45.6. The van der Waals surface area contributed by atoms with Crippen LogP contribution in [0.3, 0.4) is 0 Å². The van der Waals surface area contributed by atoms with Gasteiger partial charge in [-0.3, -0.25) is 4.79 Å². The number of imidazole rings is 4. The number of aliphatic imine (C=N–C) groups is 2. The van der Waals surface area contributed by atoms with Gasteiger partial charge in [0.15, 0.2) is 0 Å². The van der Waals surface area contributed by atoms with Crippen LogP contribution < -0.4 is 80.7 Å². The van der Waals surface area contributed by atoms with E-state index < -0.39 is 35.8 Å². The van der Waals surface area contributed by atoms with Crippen molar-refractivity contribution < 1.29 is 144 Å². The first-order valence-corrected chi connectivity index (χ1v) is 36.4. The summed E-state index contributed by atoms with van der Waals surface area (Å²) in [4.78, 5) is 145. The zero-order chi connectivity index (χ0) is 84.5. The molecule has 4 aromatic heterocycles. The fourth-order valence-corrected chi connectivity index (χ4v) is 7.05. The lowest BCUT2D eigenvalue weighted by atomic mass is 10.3. The van der Waals surface area contributed by atoms with Crippen molar-refractivity contribution >= 4 is 88.0 Å². The molecule has 0 saturated carbocycles. The number of nitrogens with two attached hydrogens (primary N) is 1. The highest BCUT2D eigenvalue weighted by Gasteiger charge is 2.12. The monoisotopic (exact) mass is 1800 g/mol. The molecule has 10 N–H and O–H groups in total. The second-order valence-corrected chi connectivity index (χ2v) is 23.8. The van der Waals surface area contributed by atoms with Gasteiger partial charge in [0.25, 0.3) is 0 Å². The number of hydrogen-bond acceptors (Lipinski definition) is 26. The Morgan fingerprint density at radius 2 is 0.772 bits per heavy atom. The van der Waals surface area contributed by atoms with E-state index in [1.807, 2.05) is 77.2 Å². The van der Waals surface area contributed by atoms with E-state index in [2.05, 4.69) is 117 Å². The molecule has 4 heterocycles. The van der Waals surface area contributed by atoms with Crippen molar-refractivity contribution in [1.29, 1.82) is 0 Å². The summed E-state index contributed by atoms with van der Waals surface area (Å²) in [5.74, 6) is -3.14. The van der Waals surface area contributed by atoms with Crippen molar-refractivity contribution in [2.45, 2.75) is 119 Å². The van der Waals surface area contributed by atoms with Crippen LogP contribution in [0.4, 0.5) is 14.4 Å². The van der Waals surface area contributed by atoms with Crippen molar-refractivity contribution in [1.82, 2.24) is 60.1 Å². The van der Waals surface area contributed by atoms with Gasteiger partial charge in [-0.15, -0.1) is 0 Å². The second-order valence-electron chi connectivity index (χ2n) is 23.0. The van der Waals surface area contributed by atoms with Gasteiger partial charge in [-0.2, -0.15) is 0 Å². The van der Waals surface area contributed by atoms with E-state index in [0.717, 1.165) is 51.9 Å². The smallest absolute Gasteiger partial charge is 0.333 e. The number of carbonyl (C=O) groups is 10. The average Bonchev–Trinajstić information content (AvgIpc) is 1.78. The van der Waals surface area contributed by atoms with Gasteiger partial charge in [-0.05, 0) is 67.3 Å². The molecular weight excluding hydrogens is 1690 g/mol. The largest absolute Gasteiger partial charge is 1.00 e. The maximum atomic E-state index is 11.7. The summed E-state index contributed by atoms with van der Waals surface area (Å²) in [5, 5.41) is 33.3. The van der Waals surface area contributed by atoms with Crippen molar-refractivity contribution in [2.75, 3.05) is 124 Å². The number of isocyanates is 2. The van der Waals surface area contributed by atoms with Crippen LogP contribution in [-0.4, -0.2) is 234 Å². The number of aromatic nitrogens is 8. The van der Waals surface area contributed by atoms with E-state index in [9.17, 15) is 57.5 Å². The summed E-state index contributed by atoms with van der Waals surface area (Å²) >= 11 is 3.00. The van der Waals surface area contributed by atoms with E-state index in [1.54, 1.807) is 66.6 Å². The average molecular weight is 1810 g/mol. The number of nitrogens with one attached hydrogen (secondary N) is 6. The molecule has 0 radical (unpaired) electrons. The molecular formula is C73H114Br3N17O21. The van der Waals surface area contributed by atoms with Gasteiger partial charge in [-0.1, -0.05) is 55.4 Å². The molecule has 6 amide bonds. The van der Waals surface area contributed by atoms with Gasteiger partial charge in [0, 0.05) is 116 Å². The first kappa shape index (κ1) is 112. The molecule has 0 aliphatic rings. The number of aliphatic hydroxyl groups excluding tert-OH is 2. The first-order chi connectivity index (χ1) is 53.5. The van der Waals surface area contributed by atoms with Gasteiger partial charge in [0.1, 0.15) is 77.5 Å². The molecule has 0 atom stereocenters. The number of aliphatic hydroxyl groups is 2. The fraction of sp³-hybridized carbons (Fsp3) is 0.507. The number of amides is 6. The molecule has 4 rings (SSSR count). The number of aryl methyl sites for hydroxylation is 4. The Morgan fingerprint density at radius 3 is 1.10 bits per heavy atom. The van der Waals surface area contributed by atoms with Crippen LogP contribution in [0, 0.1) is 0 Å². The van der Waals surface area contributed by atoms with Crippen LogP contribution >= 0.6 is 15.9 Å². The lowest BCUT2D eigenvalue weighted by molar-refractivity contribution is -0.696. The Morgan fingerprint density at radius 1 is 0.439 bits per heavy atom. The zero-order valence-electron chi connectivity index (χ0n) is 65.9. The van der Waals surface area contributed by atoms with E-state index in [4.69, 9.17) is 39.6 Å². The second kappa shape index (κ2) is 76.4. The summed E-state index contributed by atoms with van der Waals surface area (Å²) in [6.45, 7) is 39.0. The minimum atomic E-state index is -0.483. The van der Waals surface area contributed by atoms with Crippen molar-refractivity contribution in [3.05, 3.63) is 148 Å². The lowest BCUT2D eigenvalue weighted by Gasteiger charge is -2.08. The number of hydrogen-bond donors (Lipinski definition) is 9. The van der Waals surface area contributed by atoms with Crippen molar-refractivity contribution in [3.8, 4) is 0 Å². The highest BCUT2D eigenvalue weighted by atomic mass is 79.9. The maximum absolute atomic E-state index is 11.7. The Kier molecular flexibility index (Phi) is 75.1. The molecule has 0 unspecified atom stereocenters. The Hall–Kier alpha value is -10.5. The van der Waals surface area contributed by atoms with E-state index in [1.165, 1.54) is 12.2 Å². The topological polar surface area (TPSA) is 486 Å². The highest BCUT2D eigenvalue weighted by molar-refractivity contribution is 9.09.